The van der Waals surface area contributed by atoms with Gasteiger partial charge in [-0.2, -0.15) is 0 Å². The zero-order valence-electron chi connectivity index (χ0n) is 14.8. The number of carbonyl (C=O) groups excluding carboxylic acids is 2. The van der Waals surface area contributed by atoms with E-state index in [0.717, 1.165) is 13.6 Å². The topological polar surface area (TPSA) is 53.9 Å². The number of nitrogens with one attached hydrogen (secondary N) is 2. The third-order valence-corrected chi connectivity index (χ3v) is 4.72. The molecule has 0 radical (unpaired) electrons. The fourth-order valence-corrected chi connectivity index (χ4v) is 3.70. The summed E-state index contributed by atoms with van der Waals surface area (Å²) in [5.41, 5.74) is -0.261. The standard InChI is InChI=1S/C17H26BrN3O2S/c1-6-9-21(10-13-7-8-14(18)24-13)16(23)12-20(5)11-15(22)19-17(2,3)4/h6-8H,1,9-12H2,2-5H3,(H,19,22)/p+1. The van der Waals surface area contributed by atoms with Crippen LogP contribution < -0.4 is 10.2 Å². The van der Waals surface area contributed by atoms with Gasteiger partial charge in [-0.1, -0.05) is 6.08 Å². The van der Waals surface area contributed by atoms with Gasteiger partial charge in [-0.25, -0.2) is 0 Å². The summed E-state index contributed by atoms with van der Waals surface area (Å²) < 4.78 is 1.05. The molecule has 0 spiro atoms. The molecule has 24 heavy (non-hydrogen) atoms. The third kappa shape index (κ3) is 8.08. The number of amides is 2. The summed E-state index contributed by atoms with van der Waals surface area (Å²) in [5, 5.41) is 2.92. The molecular formula is C17H27BrN3O2S+. The number of rotatable bonds is 8. The molecule has 7 heteroatoms. The van der Waals surface area contributed by atoms with Gasteiger partial charge in [0.15, 0.2) is 13.1 Å². The first-order chi connectivity index (χ1) is 11.1. The number of thiophene rings is 1. The van der Waals surface area contributed by atoms with E-state index in [0.29, 0.717) is 13.1 Å². The Morgan fingerprint density at radius 2 is 2.04 bits per heavy atom. The Labute approximate surface area is 156 Å². The van der Waals surface area contributed by atoms with Gasteiger partial charge in [-0.15, -0.1) is 17.9 Å². The van der Waals surface area contributed by atoms with Crippen LogP contribution in [-0.4, -0.2) is 48.9 Å². The smallest absolute Gasteiger partial charge is 0.278 e. The van der Waals surface area contributed by atoms with Crippen molar-refractivity contribution in [1.29, 1.82) is 0 Å². The molecule has 0 saturated carbocycles. The minimum atomic E-state index is -0.261. The van der Waals surface area contributed by atoms with Crippen LogP contribution in [0.3, 0.4) is 0 Å². The number of hydrogen-bond donors (Lipinski definition) is 2. The monoisotopic (exact) mass is 416 g/mol. The maximum absolute atomic E-state index is 12.5. The number of carbonyl (C=O) groups is 2. The molecule has 0 aliphatic rings. The predicted molar refractivity (Wildman–Crippen MR) is 102 cm³/mol. The van der Waals surface area contributed by atoms with E-state index in [9.17, 15) is 9.59 Å². The summed E-state index contributed by atoms with van der Waals surface area (Å²) in [7, 11) is 1.86. The highest BCUT2D eigenvalue weighted by Gasteiger charge is 2.21. The van der Waals surface area contributed by atoms with Gasteiger partial charge in [0.25, 0.3) is 11.8 Å². The highest BCUT2D eigenvalue weighted by atomic mass is 79.9. The first-order valence-electron chi connectivity index (χ1n) is 7.86. The summed E-state index contributed by atoms with van der Waals surface area (Å²) in [4.78, 5) is 28.2. The molecule has 0 aliphatic heterocycles. The van der Waals surface area contributed by atoms with E-state index in [2.05, 4.69) is 27.8 Å². The van der Waals surface area contributed by atoms with Crippen LogP contribution in [0.25, 0.3) is 0 Å². The summed E-state index contributed by atoms with van der Waals surface area (Å²) in [5.74, 6) is -0.0364. The zero-order valence-corrected chi connectivity index (χ0v) is 17.2. The second-order valence-electron chi connectivity index (χ2n) is 6.88. The molecule has 0 saturated heterocycles. The van der Waals surface area contributed by atoms with Gasteiger partial charge in [0.05, 0.1) is 17.4 Å². The first-order valence-corrected chi connectivity index (χ1v) is 9.47. The number of hydrogen-bond acceptors (Lipinski definition) is 3. The Morgan fingerprint density at radius 3 is 2.54 bits per heavy atom. The van der Waals surface area contributed by atoms with Crippen LogP contribution >= 0.6 is 27.3 Å². The highest BCUT2D eigenvalue weighted by molar-refractivity contribution is 9.11. The summed E-state index contributed by atoms with van der Waals surface area (Å²) in [6.45, 7) is 11.2. The van der Waals surface area contributed by atoms with Crippen molar-refractivity contribution >= 4 is 39.1 Å². The molecule has 1 rings (SSSR count). The quantitative estimate of drug-likeness (QED) is 0.630. The lowest BCUT2D eigenvalue weighted by molar-refractivity contribution is -0.863. The van der Waals surface area contributed by atoms with Crippen LogP contribution in [0.5, 0.6) is 0 Å². The number of quaternary nitrogens is 1. The SMILES string of the molecule is C=CCN(Cc1ccc(Br)s1)C(=O)C[NH+](C)CC(=O)NC(C)(C)C. The number of nitrogens with zero attached hydrogens (tertiary/aromatic N) is 1. The molecule has 5 nitrogen and oxygen atoms in total. The minimum absolute atomic E-state index is 0.0143. The van der Waals surface area contributed by atoms with Crippen LogP contribution in [-0.2, 0) is 16.1 Å². The van der Waals surface area contributed by atoms with Crippen molar-refractivity contribution in [2.45, 2.75) is 32.9 Å². The third-order valence-electron chi connectivity index (χ3n) is 3.11. The van der Waals surface area contributed by atoms with E-state index in [1.165, 1.54) is 0 Å². The lowest BCUT2D eigenvalue weighted by Crippen LogP contribution is -3.11. The number of halogens is 1. The maximum atomic E-state index is 12.5. The molecule has 2 N–H and O–H groups in total. The average molecular weight is 417 g/mol. The largest absolute Gasteiger partial charge is 0.347 e. The highest BCUT2D eigenvalue weighted by Crippen LogP contribution is 2.23. The van der Waals surface area contributed by atoms with Crippen molar-refractivity contribution in [3.63, 3.8) is 0 Å². The average Bonchev–Trinajstić information content (AvgIpc) is 2.81. The predicted octanol–water partition coefficient (Wildman–Crippen LogP) is 1.45. The molecule has 0 aliphatic carbocycles. The fourth-order valence-electron chi connectivity index (χ4n) is 2.20. The summed E-state index contributed by atoms with van der Waals surface area (Å²) in [6.07, 6.45) is 1.72. The van der Waals surface area contributed by atoms with E-state index in [4.69, 9.17) is 0 Å². The Balaban J connectivity index is 2.57. The van der Waals surface area contributed by atoms with Crippen molar-refractivity contribution in [2.75, 3.05) is 26.7 Å². The number of likely N-dealkylation sites (N-methyl/N-ethyl adjacent to an activating group) is 1. The van der Waals surface area contributed by atoms with Gasteiger partial charge in [-0.05, 0) is 48.8 Å². The zero-order chi connectivity index (χ0) is 18.3. The second kappa shape index (κ2) is 9.34. The molecule has 0 bridgehead atoms. The van der Waals surface area contributed by atoms with Crippen LogP contribution in [0, 0.1) is 0 Å². The van der Waals surface area contributed by atoms with Crippen molar-refractivity contribution in [1.82, 2.24) is 10.2 Å². The molecule has 1 aromatic rings. The van der Waals surface area contributed by atoms with Crippen LogP contribution in [0.15, 0.2) is 28.6 Å². The molecule has 2 amide bonds. The maximum Gasteiger partial charge on any atom is 0.278 e. The van der Waals surface area contributed by atoms with Gasteiger partial charge in [0, 0.05) is 17.0 Å². The molecule has 1 aromatic heterocycles. The Kier molecular flexibility index (Phi) is 8.12. The Hall–Kier alpha value is -1.18. The van der Waals surface area contributed by atoms with Crippen LogP contribution in [0.1, 0.15) is 25.6 Å². The molecular weight excluding hydrogens is 390 g/mol. The van der Waals surface area contributed by atoms with Crippen LogP contribution in [0.4, 0.5) is 0 Å². The van der Waals surface area contributed by atoms with Gasteiger partial charge < -0.3 is 15.1 Å². The first kappa shape index (κ1) is 20.9. The van der Waals surface area contributed by atoms with Crippen molar-refractivity contribution < 1.29 is 14.5 Å². The van der Waals surface area contributed by atoms with E-state index in [1.54, 1.807) is 22.3 Å². The molecule has 1 atom stereocenters. The lowest BCUT2D eigenvalue weighted by atomic mass is 10.1. The van der Waals surface area contributed by atoms with Crippen molar-refractivity contribution in [2.24, 2.45) is 0 Å². The van der Waals surface area contributed by atoms with E-state index in [1.807, 2.05) is 40.0 Å². The van der Waals surface area contributed by atoms with E-state index < -0.39 is 0 Å². The van der Waals surface area contributed by atoms with Crippen molar-refractivity contribution in [3.8, 4) is 0 Å². The van der Waals surface area contributed by atoms with Crippen LogP contribution in [0.2, 0.25) is 0 Å². The Bertz CT molecular complexity index is 581. The van der Waals surface area contributed by atoms with Gasteiger partial charge in [-0.3, -0.25) is 9.59 Å². The normalized spacial score (nSPS) is 12.5. The van der Waals surface area contributed by atoms with Gasteiger partial charge in [0.2, 0.25) is 0 Å². The van der Waals surface area contributed by atoms with Crippen molar-refractivity contribution in [3.05, 3.63) is 33.5 Å². The van der Waals surface area contributed by atoms with Gasteiger partial charge >= 0.3 is 0 Å². The van der Waals surface area contributed by atoms with E-state index in [-0.39, 0.29) is 30.4 Å². The Morgan fingerprint density at radius 1 is 1.38 bits per heavy atom. The molecule has 1 unspecified atom stereocenters. The molecule has 0 aromatic carbocycles. The summed E-state index contributed by atoms with van der Waals surface area (Å²) >= 11 is 5.05. The second-order valence-corrected chi connectivity index (χ2v) is 9.43. The lowest BCUT2D eigenvalue weighted by Gasteiger charge is -2.24. The van der Waals surface area contributed by atoms with E-state index >= 15 is 0 Å². The minimum Gasteiger partial charge on any atom is -0.347 e. The van der Waals surface area contributed by atoms with Gasteiger partial charge in [0.1, 0.15) is 0 Å². The summed E-state index contributed by atoms with van der Waals surface area (Å²) in [6, 6.07) is 3.98. The molecule has 1 heterocycles. The molecule has 0 fully saturated rings. The fraction of sp³-hybridized carbons (Fsp3) is 0.529. The molecule has 134 valence electrons.